The summed E-state index contributed by atoms with van der Waals surface area (Å²) >= 11 is 0. The van der Waals surface area contributed by atoms with Crippen LogP contribution in [0.5, 0.6) is 0 Å². The van der Waals surface area contributed by atoms with Gasteiger partial charge in [-0.3, -0.25) is 4.57 Å². The van der Waals surface area contributed by atoms with Gasteiger partial charge in [-0.15, -0.1) is 0 Å². The number of hydrogen-bond donors (Lipinski definition) is 1. The number of anilines is 2. The van der Waals surface area contributed by atoms with Crippen molar-refractivity contribution in [3.05, 3.63) is 64.1 Å². The van der Waals surface area contributed by atoms with Gasteiger partial charge in [-0.25, -0.2) is 4.79 Å². The number of aromatic nitrogens is 2. The molecule has 5 rings (SSSR count). The maximum atomic E-state index is 12.9. The number of aryl methyl sites for hydroxylation is 1. The van der Waals surface area contributed by atoms with Crippen LogP contribution in [0.25, 0.3) is 10.9 Å². The molecule has 3 aromatic rings. The first-order valence-corrected chi connectivity index (χ1v) is 10.2. The Morgan fingerprint density at radius 3 is 3.07 bits per heavy atom. The maximum Gasteiger partial charge on any atom is 0.349 e. The summed E-state index contributed by atoms with van der Waals surface area (Å²) in [6, 6.07) is 13.0. The first kappa shape index (κ1) is 15.7. The van der Waals surface area contributed by atoms with E-state index in [4.69, 9.17) is 8.85 Å². The van der Waals surface area contributed by atoms with Gasteiger partial charge >= 0.3 is 5.69 Å². The summed E-state index contributed by atoms with van der Waals surface area (Å²) in [5, 5.41) is 3.98. The van der Waals surface area contributed by atoms with Crippen molar-refractivity contribution in [3.63, 3.8) is 0 Å². The van der Waals surface area contributed by atoms with E-state index in [0.29, 0.717) is 36.5 Å². The molecule has 2 aromatic carbocycles. The highest BCUT2D eigenvalue weighted by Crippen LogP contribution is 2.34. The third-order valence-electron chi connectivity index (χ3n) is 5.62. The van der Waals surface area contributed by atoms with E-state index in [0.717, 1.165) is 40.8 Å². The van der Waals surface area contributed by atoms with Gasteiger partial charge in [-0.1, -0.05) is 30.0 Å². The quantitative estimate of drug-likeness (QED) is 0.633. The summed E-state index contributed by atoms with van der Waals surface area (Å²) in [4.78, 5) is 19.0. The summed E-state index contributed by atoms with van der Waals surface area (Å²) in [5.41, 5.74) is 2.20. The standard InChI is InChI=1S/C24H24N4O2/c1-27-21-9-3-2-8-19(21)23(26-24(27)29)28-14-15-30-16-20-17(6-4-10-22(20)28)11-12-18-7-5-13-25-18/h2-4,6,8-10,18,25H,5,7,13-16H2,1H3/i1D3. The highest BCUT2D eigenvalue weighted by molar-refractivity contribution is 5.92. The summed E-state index contributed by atoms with van der Waals surface area (Å²) in [6.07, 6.45) is 2.17. The molecule has 1 N–H and O–H groups in total. The fraction of sp³-hybridized carbons (Fsp3) is 0.333. The predicted molar refractivity (Wildman–Crippen MR) is 118 cm³/mol. The minimum absolute atomic E-state index is 0.196. The van der Waals surface area contributed by atoms with Crippen LogP contribution in [0.2, 0.25) is 0 Å². The molecule has 0 saturated carbocycles. The van der Waals surface area contributed by atoms with Gasteiger partial charge in [-0.2, -0.15) is 4.98 Å². The van der Waals surface area contributed by atoms with Gasteiger partial charge in [0.1, 0.15) is 5.82 Å². The van der Waals surface area contributed by atoms with Crippen LogP contribution in [0.4, 0.5) is 11.5 Å². The fourth-order valence-corrected chi connectivity index (χ4v) is 4.11. The molecule has 30 heavy (non-hydrogen) atoms. The SMILES string of the molecule is [2H]C([2H])([2H])n1c(=O)nc(N2CCOCc3c(C#CC4CCCN4)cccc32)c2ccccc21. The zero-order valence-corrected chi connectivity index (χ0v) is 16.5. The van der Waals surface area contributed by atoms with E-state index in [1.807, 2.05) is 29.2 Å². The molecular formula is C24H24N4O2. The van der Waals surface area contributed by atoms with Crippen molar-refractivity contribution < 1.29 is 8.85 Å². The zero-order valence-electron chi connectivity index (χ0n) is 19.5. The van der Waals surface area contributed by atoms with E-state index in [1.165, 1.54) is 0 Å². The minimum atomic E-state index is -2.63. The van der Waals surface area contributed by atoms with Gasteiger partial charge in [0.25, 0.3) is 0 Å². The van der Waals surface area contributed by atoms with E-state index >= 15 is 0 Å². The second-order valence-electron chi connectivity index (χ2n) is 7.50. The van der Waals surface area contributed by atoms with Gasteiger partial charge in [-0.05, 0) is 43.7 Å². The Bertz CT molecular complexity index is 1320. The highest BCUT2D eigenvalue weighted by atomic mass is 16.5. The van der Waals surface area contributed by atoms with Crippen LogP contribution in [0, 0.1) is 11.8 Å². The van der Waals surface area contributed by atoms with Crippen LogP contribution < -0.4 is 15.9 Å². The number of rotatable bonds is 1. The molecule has 3 heterocycles. The molecule has 6 nitrogen and oxygen atoms in total. The Hall–Kier alpha value is -3.14. The zero-order chi connectivity index (χ0) is 23.0. The number of hydrogen-bond acceptors (Lipinski definition) is 5. The van der Waals surface area contributed by atoms with Crippen molar-refractivity contribution in [3.8, 4) is 11.8 Å². The highest BCUT2D eigenvalue weighted by Gasteiger charge is 2.23. The lowest BCUT2D eigenvalue weighted by Crippen LogP contribution is -2.28. The molecule has 1 saturated heterocycles. The second-order valence-corrected chi connectivity index (χ2v) is 7.50. The Morgan fingerprint density at radius 1 is 1.27 bits per heavy atom. The molecule has 1 fully saturated rings. The van der Waals surface area contributed by atoms with Crippen LogP contribution in [-0.4, -0.2) is 35.3 Å². The van der Waals surface area contributed by atoms with Crippen LogP contribution in [0.3, 0.4) is 0 Å². The van der Waals surface area contributed by atoms with Crippen LogP contribution in [0.1, 0.15) is 28.1 Å². The molecule has 1 aromatic heterocycles. The van der Waals surface area contributed by atoms with E-state index < -0.39 is 12.7 Å². The number of nitrogens with one attached hydrogen (secondary N) is 1. The molecule has 0 amide bonds. The van der Waals surface area contributed by atoms with Crippen LogP contribution in [0.15, 0.2) is 47.3 Å². The van der Waals surface area contributed by atoms with Gasteiger partial charge < -0.3 is 15.0 Å². The Labute approximate surface area is 179 Å². The largest absolute Gasteiger partial charge is 0.375 e. The molecule has 2 aliphatic rings. The Morgan fingerprint density at radius 2 is 2.20 bits per heavy atom. The van der Waals surface area contributed by atoms with Crippen LogP contribution in [-0.2, 0) is 18.3 Å². The number of benzene rings is 2. The molecule has 0 bridgehead atoms. The van der Waals surface area contributed by atoms with Crippen molar-refractivity contribution in [1.29, 1.82) is 0 Å². The fourth-order valence-electron chi connectivity index (χ4n) is 4.11. The van der Waals surface area contributed by atoms with Crippen molar-refractivity contribution >= 4 is 22.4 Å². The molecule has 1 unspecified atom stereocenters. The number of nitrogens with zero attached hydrogens (tertiary/aromatic N) is 3. The first-order valence-electron chi connectivity index (χ1n) is 11.7. The Balaban J connectivity index is 1.67. The smallest absolute Gasteiger partial charge is 0.349 e. The van der Waals surface area contributed by atoms with E-state index in [9.17, 15) is 4.79 Å². The molecule has 2 aliphatic heterocycles. The average molecular weight is 404 g/mol. The third-order valence-corrected chi connectivity index (χ3v) is 5.62. The van der Waals surface area contributed by atoms with Crippen LogP contribution >= 0.6 is 0 Å². The predicted octanol–water partition coefficient (Wildman–Crippen LogP) is 2.71. The molecule has 0 radical (unpaired) electrons. The summed E-state index contributed by atoms with van der Waals surface area (Å²) in [6.45, 7) is -0.325. The van der Waals surface area contributed by atoms with Gasteiger partial charge in [0.15, 0.2) is 0 Å². The topological polar surface area (TPSA) is 59.4 Å². The molecule has 1 atom stereocenters. The second kappa shape index (κ2) is 7.94. The monoisotopic (exact) mass is 403 g/mol. The van der Waals surface area contributed by atoms with Gasteiger partial charge in [0.2, 0.25) is 0 Å². The van der Waals surface area contributed by atoms with Gasteiger partial charge in [0, 0.05) is 39.8 Å². The molecular weight excluding hydrogens is 376 g/mol. The lowest BCUT2D eigenvalue weighted by atomic mass is 10.0. The molecule has 0 aliphatic carbocycles. The number of ether oxygens (including phenoxy) is 1. The molecule has 0 spiro atoms. The van der Waals surface area contributed by atoms with E-state index in [1.54, 1.807) is 18.2 Å². The van der Waals surface area contributed by atoms with E-state index in [2.05, 4.69) is 22.1 Å². The summed E-state index contributed by atoms with van der Waals surface area (Å²) in [5.74, 6) is 7.05. The lowest BCUT2D eigenvalue weighted by Gasteiger charge is -2.25. The summed E-state index contributed by atoms with van der Waals surface area (Å²) in [7, 11) is 0. The minimum Gasteiger partial charge on any atom is -0.375 e. The first-order chi connectivity index (χ1) is 15.9. The van der Waals surface area contributed by atoms with E-state index in [-0.39, 0.29) is 6.04 Å². The normalized spacial score (nSPS) is 20.5. The average Bonchev–Trinajstić information content (AvgIpc) is 3.21. The van der Waals surface area contributed by atoms with Crippen molar-refractivity contribution in [2.45, 2.75) is 25.5 Å². The Kier molecular flexibility index (Phi) is 4.15. The van der Waals surface area contributed by atoms with Crippen molar-refractivity contribution in [2.24, 2.45) is 6.98 Å². The summed E-state index contributed by atoms with van der Waals surface area (Å²) < 4.78 is 30.1. The number of para-hydroxylation sites is 1. The molecule has 6 heteroatoms. The van der Waals surface area contributed by atoms with Gasteiger partial charge in [0.05, 0.1) is 24.8 Å². The van der Waals surface area contributed by atoms with Crippen molar-refractivity contribution in [1.82, 2.24) is 14.9 Å². The lowest BCUT2D eigenvalue weighted by molar-refractivity contribution is 0.133. The maximum absolute atomic E-state index is 12.9. The third kappa shape index (κ3) is 3.36. The number of fused-ring (bicyclic) bond motifs is 2. The van der Waals surface area contributed by atoms with Crippen molar-refractivity contribution in [2.75, 3.05) is 24.6 Å². The molecule has 152 valence electrons.